The molecule has 1 aromatic heterocycles. The Morgan fingerprint density at radius 2 is 2.21 bits per heavy atom. The fraction of sp³-hybridized carbons (Fsp3) is 0.444. The lowest BCUT2D eigenvalue weighted by Gasteiger charge is -2.06. The molecule has 0 aliphatic heterocycles. The molecule has 1 rings (SSSR count). The summed E-state index contributed by atoms with van der Waals surface area (Å²) in [4.78, 5) is 28.8. The fourth-order valence-corrected chi connectivity index (χ4v) is 0.904. The van der Waals surface area contributed by atoms with Crippen molar-refractivity contribution in [3.8, 4) is 0 Å². The van der Waals surface area contributed by atoms with Gasteiger partial charge in [0.15, 0.2) is 5.82 Å². The normalized spacial score (nSPS) is 10.3. The number of aromatic amines is 1. The Morgan fingerprint density at radius 3 is 2.71 bits per heavy atom. The topological polar surface area (TPSA) is 74.8 Å². The third-order valence-corrected chi connectivity index (χ3v) is 1.61. The molecule has 2 N–H and O–H groups in total. The van der Waals surface area contributed by atoms with E-state index in [1.165, 1.54) is 6.20 Å². The van der Waals surface area contributed by atoms with Crippen molar-refractivity contribution in [3.05, 3.63) is 27.9 Å². The summed E-state index contributed by atoms with van der Waals surface area (Å²) in [5.74, 6) is -0.314. The minimum Gasteiger partial charge on any atom is -0.347 e. The molecule has 0 aromatic carbocycles. The smallest absolute Gasteiger partial charge is 0.287 e. The second-order valence-corrected chi connectivity index (χ2v) is 3.37. The van der Waals surface area contributed by atoms with Crippen LogP contribution in [0, 0.1) is 6.92 Å². The average molecular weight is 195 g/mol. The summed E-state index contributed by atoms with van der Waals surface area (Å²) in [6.07, 6.45) is 1.38. The van der Waals surface area contributed by atoms with E-state index in [1.54, 1.807) is 6.92 Å². The number of amides is 1. The van der Waals surface area contributed by atoms with Gasteiger partial charge in [-0.25, -0.2) is 4.98 Å². The van der Waals surface area contributed by atoms with Gasteiger partial charge in [-0.2, -0.15) is 0 Å². The molecule has 0 saturated carbocycles. The van der Waals surface area contributed by atoms with Crippen LogP contribution in [0.25, 0.3) is 0 Å². The second-order valence-electron chi connectivity index (χ2n) is 3.37. The highest BCUT2D eigenvalue weighted by molar-refractivity contribution is 5.90. The molecule has 0 radical (unpaired) electrons. The number of hydrogen-bond acceptors (Lipinski definition) is 3. The van der Waals surface area contributed by atoms with Gasteiger partial charge in [0.1, 0.15) is 0 Å². The van der Waals surface area contributed by atoms with Gasteiger partial charge in [-0.05, 0) is 20.8 Å². The predicted octanol–water partition coefficient (Wildman–Crippen LogP) is 0.217. The molecular formula is C9H13N3O2. The van der Waals surface area contributed by atoms with Crippen LogP contribution in [-0.2, 0) is 0 Å². The zero-order chi connectivity index (χ0) is 10.7. The average Bonchev–Trinajstić information content (AvgIpc) is 2.08. The van der Waals surface area contributed by atoms with Crippen LogP contribution in [0.15, 0.2) is 11.0 Å². The number of hydrogen-bond donors (Lipinski definition) is 2. The van der Waals surface area contributed by atoms with Crippen LogP contribution >= 0.6 is 0 Å². The van der Waals surface area contributed by atoms with Crippen molar-refractivity contribution in [1.82, 2.24) is 15.3 Å². The summed E-state index contributed by atoms with van der Waals surface area (Å²) in [6, 6.07) is 0.0223. The second kappa shape index (κ2) is 4.04. The highest BCUT2D eigenvalue weighted by Crippen LogP contribution is 1.89. The molecule has 14 heavy (non-hydrogen) atoms. The number of H-pyrrole nitrogens is 1. The molecule has 0 aliphatic carbocycles. The van der Waals surface area contributed by atoms with E-state index in [2.05, 4.69) is 15.3 Å². The maximum atomic E-state index is 11.4. The first-order chi connectivity index (χ1) is 6.50. The van der Waals surface area contributed by atoms with Crippen LogP contribution in [0.4, 0.5) is 0 Å². The van der Waals surface area contributed by atoms with Crippen molar-refractivity contribution in [2.45, 2.75) is 26.8 Å². The molecule has 0 fully saturated rings. The van der Waals surface area contributed by atoms with E-state index in [-0.39, 0.29) is 23.3 Å². The standard InChI is InChI=1S/C9H13N3O2/c1-5(2)11-9(14)7-10-4-6(3)8(13)12-7/h4-5H,1-3H3,(H,11,14)(H,10,12,13). The van der Waals surface area contributed by atoms with E-state index in [4.69, 9.17) is 0 Å². The van der Waals surface area contributed by atoms with E-state index in [0.717, 1.165) is 0 Å². The molecule has 1 aromatic rings. The summed E-state index contributed by atoms with van der Waals surface area (Å²) >= 11 is 0. The number of aromatic nitrogens is 2. The number of rotatable bonds is 2. The SMILES string of the molecule is Cc1cnc(C(=O)NC(C)C)[nH]c1=O. The van der Waals surface area contributed by atoms with Crippen LogP contribution in [0.1, 0.15) is 30.0 Å². The maximum Gasteiger partial charge on any atom is 0.287 e. The Balaban J connectivity index is 2.92. The van der Waals surface area contributed by atoms with Crippen molar-refractivity contribution in [2.75, 3.05) is 0 Å². The fourth-order valence-electron chi connectivity index (χ4n) is 0.904. The van der Waals surface area contributed by atoms with Crippen LogP contribution < -0.4 is 10.9 Å². The quantitative estimate of drug-likeness (QED) is 0.708. The van der Waals surface area contributed by atoms with E-state index < -0.39 is 0 Å². The first-order valence-electron chi connectivity index (χ1n) is 4.37. The highest BCUT2D eigenvalue weighted by atomic mass is 16.2. The molecule has 0 aliphatic rings. The summed E-state index contributed by atoms with van der Waals surface area (Å²) in [5, 5.41) is 2.63. The molecule has 0 atom stereocenters. The van der Waals surface area contributed by atoms with Crippen molar-refractivity contribution in [1.29, 1.82) is 0 Å². The first-order valence-corrected chi connectivity index (χ1v) is 4.37. The Morgan fingerprint density at radius 1 is 1.57 bits per heavy atom. The van der Waals surface area contributed by atoms with Gasteiger partial charge in [0.2, 0.25) is 0 Å². The predicted molar refractivity (Wildman–Crippen MR) is 52.2 cm³/mol. The van der Waals surface area contributed by atoms with Crippen LogP contribution in [0.3, 0.4) is 0 Å². The van der Waals surface area contributed by atoms with Gasteiger partial charge in [0.05, 0.1) is 0 Å². The molecule has 5 nitrogen and oxygen atoms in total. The molecule has 76 valence electrons. The largest absolute Gasteiger partial charge is 0.347 e. The Bertz CT molecular complexity index is 395. The molecule has 1 heterocycles. The number of carbonyl (C=O) groups excluding carboxylic acids is 1. The summed E-state index contributed by atoms with van der Waals surface area (Å²) in [7, 11) is 0. The van der Waals surface area contributed by atoms with E-state index in [1.807, 2.05) is 13.8 Å². The molecule has 0 saturated heterocycles. The zero-order valence-corrected chi connectivity index (χ0v) is 8.42. The van der Waals surface area contributed by atoms with E-state index in [0.29, 0.717) is 5.56 Å². The minimum absolute atomic E-state index is 0.0223. The lowest BCUT2D eigenvalue weighted by atomic mass is 10.3. The third-order valence-electron chi connectivity index (χ3n) is 1.61. The van der Waals surface area contributed by atoms with Gasteiger partial charge in [0.25, 0.3) is 11.5 Å². The van der Waals surface area contributed by atoms with Crippen molar-refractivity contribution >= 4 is 5.91 Å². The van der Waals surface area contributed by atoms with Crippen molar-refractivity contribution in [2.24, 2.45) is 0 Å². The Hall–Kier alpha value is -1.65. The monoisotopic (exact) mass is 195 g/mol. The van der Waals surface area contributed by atoms with Crippen LogP contribution in [0.5, 0.6) is 0 Å². The molecule has 1 amide bonds. The van der Waals surface area contributed by atoms with Crippen molar-refractivity contribution in [3.63, 3.8) is 0 Å². The van der Waals surface area contributed by atoms with Gasteiger partial charge in [-0.15, -0.1) is 0 Å². The summed E-state index contributed by atoms with van der Waals surface area (Å²) in [5.41, 5.74) is 0.208. The Labute approximate surface area is 81.6 Å². The minimum atomic E-state index is -0.364. The van der Waals surface area contributed by atoms with Gasteiger partial charge >= 0.3 is 0 Å². The Kier molecular flexibility index (Phi) is 3.01. The molecule has 5 heteroatoms. The number of nitrogens with one attached hydrogen (secondary N) is 2. The lowest BCUT2D eigenvalue weighted by Crippen LogP contribution is -2.33. The third kappa shape index (κ3) is 2.42. The number of aryl methyl sites for hydroxylation is 1. The molecular weight excluding hydrogens is 182 g/mol. The van der Waals surface area contributed by atoms with Crippen LogP contribution in [0.2, 0.25) is 0 Å². The van der Waals surface area contributed by atoms with E-state index >= 15 is 0 Å². The van der Waals surface area contributed by atoms with Crippen molar-refractivity contribution < 1.29 is 4.79 Å². The molecule has 0 unspecified atom stereocenters. The summed E-state index contributed by atoms with van der Waals surface area (Å²) in [6.45, 7) is 5.31. The van der Waals surface area contributed by atoms with Gasteiger partial charge < -0.3 is 10.3 Å². The summed E-state index contributed by atoms with van der Waals surface area (Å²) < 4.78 is 0. The number of carbonyl (C=O) groups is 1. The lowest BCUT2D eigenvalue weighted by molar-refractivity contribution is 0.0932. The van der Waals surface area contributed by atoms with Crippen LogP contribution in [-0.4, -0.2) is 21.9 Å². The highest BCUT2D eigenvalue weighted by Gasteiger charge is 2.09. The molecule has 0 bridgehead atoms. The number of nitrogens with zero attached hydrogens (tertiary/aromatic N) is 1. The maximum absolute atomic E-state index is 11.4. The van der Waals surface area contributed by atoms with Gasteiger partial charge in [0, 0.05) is 17.8 Å². The molecule has 0 spiro atoms. The first kappa shape index (κ1) is 10.4. The zero-order valence-electron chi connectivity index (χ0n) is 8.42. The van der Waals surface area contributed by atoms with Gasteiger partial charge in [-0.1, -0.05) is 0 Å². The van der Waals surface area contributed by atoms with Gasteiger partial charge in [-0.3, -0.25) is 9.59 Å². The van der Waals surface area contributed by atoms with E-state index in [9.17, 15) is 9.59 Å².